The van der Waals surface area contributed by atoms with Crippen molar-refractivity contribution in [3.63, 3.8) is 0 Å². The normalized spacial score (nSPS) is 23.5. The third kappa shape index (κ3) is 2.73. The van der Waals surface area contributed by atoms with Crippen LogP contribution in [-0.4, -0.2) is 12.1 Å². The van der Waals surface area contributed by atoms with Gasteiger partial charge in [-0.25, -0.2) is 0 Å². The van der Waals surface area contributed by atoms with E-state index in [0.717, 1.165) is 6.42 Å². The van der Waals surface area contributed by atoms with Crippen LogP contribution in [0.3, 0.4) is 0 Å². The second-order valence-corrected chi connectivity index (χ2v) is 5.94. The molecule has 0 amide bonds. The van der Waals surface area contributed by atoms with Gasteiger partial charge in [-0.3, -0.25) is 0 Å². The average Bonchev–Trinajstić information content (AvgIpc) is 2.87. The van der Waals surface area contributed by atoms with E-state index in [0.29, 0.717) is 12.1 Å². The van der Waals surface area contributed by atoms with Crippen LogP contribution in [0, 0.1) is 0 Å². The summed E-state index contributed by atoms with van der Waals surface area (Å²) in [6, 6.07) is 23.1. The van der Waals surface area contributed by atoms with Gasteiger partial charge in [-0.1, -0.05) is 67.6 Å². The average molecular weight is 302 g/mol. The first-order valence-corrected chi connectivity index (χ1v) is 7.64. The molecule has 1 heterocycles. The van der Waals surface area contributed by atoms with Gasteiger partial charge in [0.15, 0.2) is 0 Å². The molecule has 2 atom stereocenters. The topological polar surface area (TPSA) is 12.0 Å². The molecule has 1 aliphatic rings. The van der Waals surface area contributed by atoms with Crippen molar-refractivity contribution in [3.05, 3.63) is 71.8 Å². The number of benzene rings is 2. The summed E-state index contributed by atoms with van der Waals surface area (Å²) in [6.07, 6.45) is 2.31. The molecule has 1 aliphatic heterocycles. The molecule has 1 fully saturated rings. The molecule has 21 heavy (non-hydrogen) atoms. The fourth-order valence-electron chi connectivity index (χ4n) is 3.91. The number of hydrogen-bond donors (Lipinski definition) is 1. The Kier molecular flexibility index (Phi) is 5.08. The molecule has 0 radical (unpaired) electrons. The molecule has 0 bridgehead atoms. The Labute approximate surface area is 134 Å². The lowest BCUT2D eigenvalue weighted by atomic mass is 9.68. The van der Waals surface area contributed by atoms with E-state index in [-0.39, 0.29) is 17.8 Å². The Morgan fingerprint density at radius 3 is 1.86 bits per heavy atom. The maximum Gasteiger partial charge on any atom is 0.0370 e. The van der Waals surface area contributed by atoms with Gasteiger partial charge in [-0.15, -0.1) is 12.4 Å². The summed E-state index contributed by atoms with van der Waals surface area (Å²) < 4.78 is 0. The van der Waals surface area contributed by atoms with Gasteiger partial charge < -0.3 is 5.32 Å². The van der Waals surface area contributed by atoms with Crippen molar-refractivity contribution in [2.75, 3.05) is 0 Å². The molecule has 2 aromatic carbocycles. The zero-order valence-electron chi connectivity index (χ0n) is 12.8. The first-order chi connectivity index (χ1) is 9.77. The highest BCUT2D eigenvalue weighted by Crippen LogP contribution is 2.44. The summed E-state index contributed by atoms with van der Waals surface area (Å²) in [4.78, 5) is 0. The van der Waals surface area contributed by atoms with Gasteiger partial charge in [-0.2, -0.15) is 0 Å². The third-order valence-electron chi connectivity index (χ3n) is 4.69. The summed E-state index contributed by atoms with van der Waals surface area (Å²) in [5.74, 6) is 0. The maximum atomic E-state index is 3.79. The Morgan fingerprint density at radius 2 is 1.43 bits per heavy atom. The van der Waals surface area contributed by atoms with Gasteiger partial charge in [0.1, 0.15) is 0 Å². The summed E-state index contributed by atoms with van der Waals surface area (Å²) in [7, 11) is 0. The van der Waals surface area contributed by atoms with Gasteiger partial charge in [-0.05, 0) is 30.9 Å². The minimum absolute atomic E-state index is 0. The second kappa shape index (κ2) is 6.64. The molecule has 0 aliphatic carbocycles. The van der Waals surface area contributed by atoms with Crippen molar-refractivity contribution in [1.29, 1.82) is 0 Å². The molecule has 1 N–H and O–H groups in total. The van der Waals surface area contributed by atoms with E-state index < -0.39 is 0 Å². The van der Waals surface area contributed by atoms with Gasteiger partial charge in [0.25, 0.3) is 0 Å². The van der Waals surface area contributed by atoms with Gasteiger partial charge in [0, 0.05) is 17.5 Å². The van der Waals surface area contributed by atoms with Crippen LogP contribution in [-0.2, 0) is 5.41 Å². The van der Waals surface area contributed by atoms with Crippen LogP contribution in [0.1, 0.15) is 37.8 Å². The number of rotatable bonds is 3. The standard InChI is InChI=1S/C19H23N.ClH/c1-3-18-19(14-15(2)20-18,16-10-6-4-7-11-16)17-12-8-5-9-13-17;/h4-13,15,18,20H,3,14H2,1-2H3;1H. The molecule has 2 unspecified atom stereocenters. The molecule has 0 spiro atoms. The highest BCUT2D eigenvalue weighted by Gasteiger charge is 2.47. The lowest BCUT2D eigenvalue weighted by Gasteiger charge is -2.36. The predicted molar refractivity (Wildman–Crippen MR) is 92.2 cm³/mol. The quantitative estimate of drug-likeness (QED) is 0.876. The molecule has 0 aromatic heterocycles. The van der Waals surface area contributed by atoms with Gasteiger partial charge in [0.2, 0.25) is 0 Å². The van der Waals surface area contributed by atoms with Crippen LogP contribution in [0.25, 0.3) is 0 Å². The van der Waals surface area contributed by atoms with Crippen LogP contribution in [0.2, 0.25) is 0 Å². The van der Waals surface area contributed by atoms with Crippen LogP contribution in [0.5, 0.6) is 0 Å². The first kappa shape index (κ1) is 16.1. The van der Waals surface area contributed by atoms with E-state index in [1.54, 1.807) is 0 Å². The van der Waals surface area contributed by atoms with E-state index in [1.807, 2.05) is 0 Å². The van der Waals surface area contributed by atoms with Gasteiger partial charge >= 0.3 is 0 Å². The predicted octanol–water partition coefficient (Wildman–Crippen LogP) is 4.55. The number of hydrogen-bond acceptors (Lipinski definition) is 1. The van der Waals surface area contributed by atoms with Crippen LogP contribution in [0.15, 0.2) is 60.7 Å². The summed E-state index contributed by atoms with van der Waals surface area (Å²) in [5.41, 5.74) is 2.99. The van der Waals surface area contributed by atoms with E-state index >= 15 is 0 Å². The molecule has 2 heteroatoms. The van der Waals surface area contributed by atoms with Gasteiger partial charge in [0.05, 0.1) is 0 Å². The molecule has 112 valence electrons. The Bertz CT molecular complexity index is 513. The number of halogens is 1. The van der Waals surface area contributed by atoms with Crippen molar-refractivity contribution < 1.29 is 0 Å². The fraction of sp³-hybridized carbons (Fsp3) is 0.368. The highest BCUT2D eigenvalue weighted by atomic mass is 35.5. The smallest absolute Gasteiger partial charge is 0.0370 e. The van der Waals surface area contributed by atoms with Crippen molar-refractivity contribution in [1.82, 2.24) is 5.32 Å². The highest BCUT2D eigenvalue weighted by molar-refractivity contribution is 5.85. The van der Waals surface area contributed by atoms with Crippen molar-refractivity contribution in [2.24, 2.45) is 0 Å². The molecule has 0 saturated carbocycles. The van der Waals surface area contributed by atoms with E-state index in [1.165, 1.54) is 17.5 Å². The molecular formula is C19H24ClN. The summed E-state index contributed by atoms with van der Waals surface area (Å²) in [5, 5.41) is 3.79. The molecule has 1 saturated heterocycles. The van der Waals surface area contributed by atoms with Crippen molar-refractivity contribution in [3.8, 4) is 0 Å². The fourth-order valence-corrected chi connectivity index (χ4v) is 3.91. The van der Waals surface area contributed by atoms with E-state index in [2.05, 4.69) is 79.8 Å². The van der Waals surface area contributed by atoms with E-state index in [9.17, 15) is 0 Å². The van der Waals surface area contributed by atoms with Crippen LogP contribution < -0.4 is 5.32 Å². The van der Waals surface area contributed by atoms with Crippen LogP contribution in [0.4, 0.5) is 0 Å². The van der Waals surface area contributed by atoms with Crippen molar-refractivity contribution >= 4 is 12.4 Å². The largest absolute Gasteiger partial charge is 0.310 e. The molecule has 1 nitrogen and oxygen atoms in total. The molecular weight excluding hydrogens is 278 g/mol. The maximum absolute atomic E-state index is 3.79. The Balaban J connectivity index is 0.00000161. The van der Waals surface area contributed by atoms with Crippen LogP contribution >= 0.6 is 12.4 Å². The molecule has 2 aromatic rings. The first-order valence-electron chi connectivity index (χ1n) is 7.64. The molecule has 3 rings (SSSR count). The SMILES string of the molecule is CCC1NC(C)CC1(c1ccccc1)c1ccccc1.Cl. The van der Waals surface area contributed by atoms with Crippen molar-refractivity contribution in [2.45, 2.75) is 44.2 Å². The number of nitrogens with one attached hydrogen (secondary N) is 1. The minimum Gasteiger partial charge on any atom is -0.310 e. The monoisotopic (exact) mass is 301 g/mol. The Hall–Kier alpha value is -1.31. The zero-order valence-corrected chi connectivity index (χ0v) is 13.6. The Morgan fingerprint density at radius 1 is 0.952 bits per heavy atom. The third-order valence-corrected chi connectivity index (χ3v) is 4.69. The minimum atomic E-state index is 0. The van der Waals surface area contributed by atoms with E-state index in [4.69, 9.17) is 0 Å². The lowest BCUT2D eigenvalue weighted by molar-refractivity contribution is 0.423. The summed E-state index contributed by atoms with van der Waals surface area (Å²) in [6.45, 7) is 4.59. The second-order valence-electron chi connectivity index (χ2n) is 5.94. The summed E-state index contributed by atoms with van der Waals surface area (Å²) >= 11 is 0. The lowest BCUT2D eigenvalue weighted by Crippen LogP contribution is -2.41. The zero-order chi connectivity index (χ0) is 14.0.